The van der Waals surface area contributed by atoms with Gasteiger partial charge in [0.05, 0.1) is 13.7 Å². The Hall–Kier alpha value is -2.17. The van der Waals surface area contributed by atoms with Crippen molar-refractivity contribution in [3.8, 4) is 11.5 Å². The fraction of sp³-hybridized carbons (Fsp3) is 0.625. The van der Waals surface area contributed by atoms with E-state index >= 15 is 0 Å². The zero-order valence-corrected chi connectivity index (χ0v) is 19.5. The Labute approximate surface area is 195 Å². The minimum Gasteiger partial charge on any atom is -0.493 e. The van der Waals surface area contributed by atoms with Gasteiger partial charge in [0, 0.05) is 13.0 Å². The van der Waals surface area contributed by atoms with Gasteiger partial charge >= 0.3 is 0 Å². The summed E-state index contributed by atoms with van der Waals surface area (Å²) < 4.78 is 16.4. The smallest absolute Gasteiger partial charge is 0.229 e. The van der Waals surface area contributed by atoms with Crippen molar-refractivity contribution in [2.24, 2.45) is 5.92 Å². The average Bonchev–Trinajstić information content (AvgIpc) is 2.80. The maximum Gasteiger partial charge on any atom is 0.229 e. The van der Waals surface area contributed by atoms with E-state index in [1.165, 1.54) is 7.11 Å². The summed E-state index contributed by atoms with van der Waals surface area (Å²) in [6, 6.07) is 5.03. The van der Waals surface area contributed by atoms with Gasteiger partial charge in [0.15, 0.2) is 11.5 Å². The van der Waals surface area contributed by atoms with Crippen LogP contribution in [0.3, 0.4) is 0 Å². The van der Waals surface area contributed by atoms with E-state index in [1.807, 2.05) is 0 Å². The van der Waals surface area contributed by atoms with E-state index in [1.54, 1.807) is 18.2 Å². The summed E-state index contributed by atoms with van der Waals surface area (Å²) in [5.41, 5.74) is 0.793. The van der Waals surface area contributed by atoms with Gasteiger partial charge in [0.1, 0.15) is 24.4 Å². The first-order valence-electron chi connectivity index (χ1n) is 11.3. The van der Waals surface area contributed by atoms with Crippen LogP contribution in [0.15, 0.2) is 30.4 Å². The average molecular weight is 468 g/mol. The van der Waals surface area contributed by atoms with Gasteiger partial charge in [-0.25, -0.2) is 0 Å². The number of unbranched alkanes of at least 4 members (excludes halogenated alkanes) is 2. The first-order chi connectivity index (χ1) is 15.8. The molecule has 1 amide bonds. The number of ether oxygens (including phenoxy) is 3. The van der Waals surface area contributed by atoms with E-state index in [9.17, 15) is 25.2 Å². The molecule has 0 aromatic heterocycles. The summed E-state index contributed by atoms with van der Waals surface area (Å²) in [4.78, 5) is 12.1. The summed E-state index contributed by atoms with van der Waals surface area (Å²) >= 11 is 0. The van der Waals surface area contributed by atoms with E-state index < -0.39 is 37.3 Å². The lowest BCUT2D eigenvalue weighted by Gasteiger charge is -2.39. The van der Waals surface area contributed by atoms with Gasteiger partial charge in [0.2, 0.25) is 12.2 Å². The van der Waals surface area contributed by atoms with Crippen LogP contribution >= 0.6 is 0 Å². The fourth-order valence-electron chi connectivity index (χ4n) is 3.41. The van der Waals surface area contributed by atoms with E-state index in [-0.39, 0.29) is 11.7 Å². The summed E-state index contributed by atoms with van der Waals surface area (Å²) in [6.07, 6.45) is 0.646. The number of aliphatic hydroxyl groups excluding tert-OH is 4. The molecule has 0 bridgehead atoms. The molecule has 9 heteroatoms. The summed E-state index contributed by atoms with van der Waals surface area (Å²) in [5.74, 6) is 1.10. The number of rotatable bonds is 12. The highest BCUT2D eigenvalue weighted by Crippen LogP contribution is 2.32. The van der Waals surface area contributed by atoms with Crippen molar-refractivity contribution >= 4 is 5.91 Å². The van der Waals surface area contributed by atoms with Crippen molar-refractivity contribution < 1.29 is 39.4 Å². The second kappa shape index (κ2) is 13.5. The number of benzene rings is 1. The third-order valence-corrected chi connectivity index (χ3v) is 5.35. The van der Waals surface area contributed by atoms with Gasteiger partial charge in [-0.1, -0.05) is 32.1 Å². The first kappa shape index (κ1) is 27.1. The Morgan fingerprint density at radius 2 is 1.91 bits per heavy atom. The summed E-state index contributed by atoms with van der Waals surface area (Å²) in [6.45, 7) is 4.04. The monoisotopic (exact) mass is 467 g/mol. The van der Waals surface area contributed by atoms with Crippen LogP contribution in [0.4, 0.5) is 0 Å². The molecule has 33 heavy (non-hydrogen) atoms. The van der Waals surface area contributed by atoms with E-state index in [4.69, 9.17) is 14.2 Å². The molecule has 1 aromatic rings. The highest BCUT2D eigenvalue weighted by molar-refractivity contribution is 5.75. The topological polar surface area (TPSA) is 138 Å². The normalized spacial score (nSPS) is 25.4. The number of aliphatic hydroxyl groups is 4. The van der Waals surface area contributed by atoms with Crippen LogP contribution in [-0.4, -0.2) is 70.8 Å². The van der Waals surface area contributed by atoms with Crippen molar-refractivity contribution in [1.82, 2.24) is 5.32 Å². The maximum atomic E-state index is 12.1. The van der Waals surface area contributed by atoms with E-state index in [2.05, 4.69) is 31.3 Å². The minimum atomic E-state index is -1.53. The van der Waals surface area contributed by atoms with Gasteiger partial charge in [-0.05, 0) is 42.9 Å². The molecule has 1 aliphatic rings. The fourth-order valence-corrected chi connectivity index (χ4v) is 3.41. The summed E-state index contributed by atoms with van der Waals surface area (Å²) in [7, 11) is 1.45. The van der Waals surface area contributed by atoms with Crippen molar-refractivity contribution in [3.63, 3.8) is 0 Å². The van der Waals surface area contributed by atoms with E-state index in [0.29, 0.717) is 24.6 Å². The molecule has 1 fully saturated rings. The number of hydrogen-bond acceptors (Lipinski definition) is 8. The molecule has 0 radical (unpaired) electrons. The highest BCUT2D eigenvalue weighted by atomic mass is 16.7. The molecule has 5 atom stereocenters. The molecular formula is C24H37NO8. The standard InChI is InChI=1S/C24H37NO8/c1-15(2)8-6-4-5-7-9-20(27)25-13-16-10-11-17(18(12-16)31-3)32-24-23(30)22(29)21(28)19(14-26)33-24/h6,8,10-12,15,19,21-24,26,28-30H,4-5,7,9,13-14H2,1-3H3,(H,25,27)/b8-6+/t19-,21-,22+,23-,24+/m1/s1. The van der Waals surface area contributed by atoms with Gasteiger partial charge in [-0.15, -0.1) is 0 Å². The third-order valence-electron chi connectivity index (χ3n) is 5.35. The lowest BCUT2D eigenvalue weighted by Crippen LogP contribution is -2.60. The second-order valence-corrected chi connectivity index (χ2v) is 8.50. The molecule has 1 aliphatic heterocycles. The predicted octanol–water partition coefficient (Wildman–Crippen LogP) is 1.26. The quantitative estimate of drug-likeness (QED) is 0.229. The molecule has 1 saturated heterocycles. The van der Waals surface area contributed by atoms with Crippen molar-refractivity contribution in [1.29, 1.82) is 0 Å². The van der Waals surface area contributed by atoms with Crippen LogP contribution in [0.25, 0.3) is 0 Å². The molecule has 0 spiro atoms. The molecule has 9 nitrogen and oxygen atoms in total. The Morgan fingerprint density at radius 1 is 1.15 bits per heavy atom. The molecular weight excluding hydrogens is 430 g/mol. The zero-order valence-electron chi connectivity index (χ0n) is 19.5. The number of hydrogen-bond donors (Lipinski definition) is 5. The Morgan fingerprint density at radius 3 is 2.58 bits per heavy atom. The lowest BCUT2D eigenvalue weighted by atomic mass is 9.99. The van der Waals surface area contributed by atoms with Gasteiger partial charge < -0.3 is 40.0 Å². The van der Waals surface area contributed by atoms with Crippen molar-refractivity contribution in [2.45, 2.75) is 76.8 Å². The van der Waals surface area contributed by atoms with Crippen LogP contribution in [0.1, 0.15) is 45.1 Å². The first-order valence-corrected chi connectivity index (χ1v) is 11.3. The van der Waals surface area contributed by atoms with E-state index in [0.717, 1.165) is 24.8 Å². The number of allylic oxidation sites excluding steroid dienone is 2. The largest absolute Gasteiger partial charge is 0.493 e. The van der Waals surface area contributed by atoms with Crippen LogP contribution in [0.2, 0.25) is 0 Å². The number of amides is 1. The Balaban J connectivity index is 1.87. The summed E-state index contributed by atoms with van der Waals surface area (Å²) in [5, 5.41) is 42.1. The Bertz CT molecular complexity index is 767. The van der Waals surface area contributed by atoms with Crippen molar-refractivity contribution in [3.05, 3.63) is 35.9 Å². The van der Waals surface area contributed by atoms with Crippen LogP contribution in [0.5, 0.6) is 11.5 Å². The number of methoxy groups -OCH3 is 1. The Kier molecular flexibility index (Phi) is 11.1. The van der Waals surface area contributed by atoms with Gasteiger partial charge in [0.25, 0.3) is 0 Å². The van der Waals surface area contributed by atoms with Crippen LogP contribution in [0, 0.1) is 5.92 Å². The van der Waals surface area contributed by atoms with Crippen molar-refractivity contribution in [2.75, 3.05) is 13.7 Å². The molecule has 0 unspecified atom stereocenters. The maximum absolute atomic E-state index is 12.1. The molecule has 1 aromatic carbocycles. The predicted molar refractivity (Wildman–Crippen MR) is 122 cm³/mol. The van der Waals surface area contributed by atoms with Gasteiger partial charge in [-0.3, -0.25) is 4.79 Å². The second-order valence-electron chi connectivity index (χ2n) is 8.50. The highest BCUT2D eigenvalue weighted by Gasteiger charge is 2.44. The molecule has 186 valence electrons. The third kappa shape index (κ3) is 8.28. The molecule has 0 saturated carbocycles. The lowest BCUT2D eigenvalue weighted by molar-refractivity contribution is -0.277. The molecule has 5 N–H and O–H groups in total. The minimum absolute atomic E-state index is 0.0246. The van der Waals surface area contributed by atoms with Crippen LogP contribution in [-0.2, 0) is 16.1 Å². The molecule has 1 heterocycles. The SMILES string of the molecule is COc1cc(CNC(=O)CCCC/C=C/C(C)C)ccc1O[C@H]1O[C@H](CO)[C@@H](O)[C@H](O)[C@H]1O. The molecule has 2 rings (SSSR count). The van der Waals surface area contributed by atoms with Gasteiger partial charge in [-0.2, -0.15) is 0 Å². The molecule has 0 aliphatic carbocycles. The van der Waals surface area contributed by atoms with Crippen LogP contribution < -0.4 is 14.8 Å². The number of carbonyl (C=O) groups is 1. The number of carbonyl (C=O) groups excluding carboxylic acids is 1. The number of nitrogens with one attached hydrogen (secondary N) is 1. The zero-order chi connectivity index (χ0) is 24.4.